The van der Waals surface area contributed by atoms with Crippen LogP contribution in [0.4, 0.5) is 0 Å². The fraction of sp³-hybridized carbons (Fsp3) is 0.643. The molecule has 4 nitrogen and oxygen atoms in total. The molecule has 0 bridgehead atoms. The van der Waals surface area contributed by atoms with Crippen LogP contribution < -0.4 is 5.59 Å². The number of nitrogens with zero attached hydrogens (tertiary/aromatic N) is 3. The largest absolute Gasteiger partial charge is 0.329 e. The summed E-state index contributed by atoms with van der Waals surface area (Å²) < 4.78 is 0. The number of fused-ring (bicyclic) bond motifs is 1. The Kier molecular flexibility index (Phi) is 4.94. The molecule has 0 saturated carbocycles. The van der Waals surface area contributed by atoms with Crippen molar-refractivity contribution in [3.05, 3.63) is 12.2 Å². The van der Waals surface area contributed by atoms with Crippen LogP contribution in [0.5, 0.6) is 0 Å². The van der Waals surface area contributed by atoms with E-state index in [2.05, 4.69) is 35.6 Å². The normalized spacial score (nSPS) is 12.8. The summed E-state index contributed by atoms with van der Waals surface area (Å²) in [5.74, 6) is 1.49. The van der Waals surface area contributed by atoms with Crippen LogP contribution in [0, 0.1) is 0 Å². The third-order valence-electron chi connectivity index (χ3n) is 3.61. The van der Waals surface area contributed by atoms with Gasteiger partial charge in [0.05, 0.1) is 6.33 Å². The highest BCUT2D eigenvalue weighted by Crippen LogP contribution is 2.24. The zero-order chi connectivity index (χ0) is 13.7. The quantitative estimate of drug-likeness (QED) is 0.776. The van der Waals surface area contributed by atoms with E-state index in [1.807, 2.05) is 0 Å². The first kappa shape index (κ1) is 14.0. The average molecular weight is 258 g/mol. The van der Waals surface area contributed by atoms with Crippen molar-refractivity contribution in [3.8, 4) is 0 Å². The Morgan fingerprint density at radius 3 is 2.74 bits per heavy atom. The molecular formula is C14H23BN4. The first-order valence-electron chi connectivity index (χ1n) is 7.49. The van der Waals surface area contributed by atoms with Gasteiger partial charge in [0.25, 0.3) is 0 Å². The number of rotatable bonds is 7. The van der Waals surface area contributed by atoms with E-state index in [-0.39, 0.29) is 0 Å². The lowest BCUT2D eigenvalue weighted by molar-refractivity contribution is 0.519. The number of imidazole rings is 1. The monoisotopic (exact) mass is 258 g/mol. The Labute approximate surface area is 115 Å². The van der Waals surface area contributed by atoms with Crippen molar-refractivity contribution < 1.29 is 0 Å². The highest BCUT2D eigenvalue weighted by Gasteiger charge is 2.17. The smallest absolute Gasteiger partial charge is 0.182 e. The van der Waals surface area contributed by atoms with E-state index in [0.29, 0.717) is 5.92 Å². The Morgan fingerprint density at radius 1 is 1.21 bits per heavy atom. The molecule has 2 aromatic rings. The van der Waals surface area contributed by atoms with Gasteiger partial charge < -0.3 is 4.98 Å². The summed E-state index contributed by atoms with van der Waals surface area (Å²) in [5, 5.41) is 0. The molecule has 0 fully saturated rings. The summed E-state index contributed by atoms with van der Waals surface area (Å²) in [5.41, 5.74) is 2.88. The highest BCUT2D eigenvalue weighted by atomic mass is 15.0. The summed E-state index contributed by atoms with van der Waals surface area (Å²) >= 11 is 0. The van der Waals surface area contributed by atoms with Crippen molar-refractivity contribution in [2.75, 3.05) is 0 Å². The van der Waals surface area contributed by atoms with Gasteiger partial charge in [0, 0.05) is 11.5 Å². The van der Waals surface area contributed by atoms with Gasteiger partial charge in [0.2, 0.25) is 0 Å². The molecule has 102 valence electrons. The lowest BCUT2D eigenvalue weighted by atomic mass is 9.77. The molecule has 0 aliphatic rings. The maximum absolute atomic E-state index is 4.77. The van der Waals surface area contributed by atoms with Crippen molar-refractivity contribution in [2.45, 2.75) is 58.7 Å². The van der Waals surface area contributed by atoms with Gasteiger partial charge in [-0.05, 0) is 12.8 Å². The minimum atomic E-state index is 0.489. The number of aromatic amines is 1. The van der Waals surface area contributed by atoms with Crippen molar-refractivity contribution in [1.29, 1.82) is 0 Å². The van der Waals surface area contributed by atoms with Gasteiger partial charge in [0.15, 0.2) is 12.9 Å². The van der Waals surface area contributed by atoms with E-state index in [1.165, 1.54) is 32.1 Å². The molecule has 0 amide bonds. The van der Waals surface area contributed by atoms with Gasteiger partial charge in [-0.25, -0.2) is 15.0 Å². The summed E-state index contributed by atoms with van der Waals surface area (Å²) in [6, 6.07) is 0. The molecule has 0 aromatic carbocycles. The maximum Gasteiger partial charge on any atom is 0.182 e. The number of hydrogen-bond acceptors (Lipinski definition) is 3. The van der Waals surface area contributed by atoms with Crippen LogP contribution in [0.15, 0.2) is 6.33 Å². The van der Waals surface area contributed by atoms with E-state index in [9.17, 15) is 0 Å². The molecule has 0 radical (unpaired) electrons. The summed E-state index contributed by atoms with van der Waals surface area (Å²) in [7, 11) is 0.906. The van der Waals surface area contributed by atoms with Crippen LogP contribution >= 0.6 is 0 Å². The molecule has 1 N–H and O–H groups in total. The lowest BCUT2D eigenvalue weighted by Gasteiger charge is -2.15. The molecular weight excluding hydrogens is 235 g/mol. The molecule has 0 saturated heterocycles. The summed E-state index contributed by atoms with van der Waals surface area (Å²) in [6.07, 6.45) is 7.73. The number of H-pyrrole nitrogens is 1. The third-order valence-corrected chi connectivity index (χ3v) is 3.61. The second-order valence-corrected chi connectivity index (χ2v) is 5.11. The standard InChI is InChI=1S/C14H23BN4/c1-4-6-8-10(7-5-2)13-18-12(15-3)11-14(19-13)17-9-16-11/h9-10,15H,4-8H2,1-3H3,(H,16,17,18,19). The molecule has 0 spiro atoms. The number of nitrogens with one attached hydrogen (secondary N) is 1. The van der Waals surface area contributed by atoms with Crippen LogP contribution in [0.3, 0.4) is 0 Å². The second-order valence-electron chi connectivity index (χ2n) is 5.11. The first-order valence-corrected chi connectivity index (χ1v) is 7.49. The van der Waals surface area contributed by atoms with Gasteiger partial charge in [-0.3, -0.25) is 0 Å². The van der Waals surface area contributed by atoms with Crippen LogP contribution in [-0.2, 0) is 0 Å². The molecule has 0 aliphatic heterocycles. The van der Waals surface area contributed by atoms with Gasteiger partial charge in [-0.15, -0.1) is 0 Å². The fourth-order valence-electron chi connectivity index (χ4n) is 2.55. The van der Waals surface area contributed by atoms with Crippen LogP contribution in [0.25, 0.3) is 11.2 Å². The van der Waals surface area contributed by atoms with Crippen molar-refractivity contribution >= 4 is 24.0 Å². The van der Waals surface area contributed by atoms with E-state index >= 15 is 0 Å². The van der Waals surface area contributed by atoms with Crippen molar-refractivity contribution in [1.82, 2.24) is 19.9 Å². The third kappa shape index (κ3) is 3.14. The number of unbranched alkanes of at least 4 members (excludes halogenated alkanes) is 1. The molecule has 2 rings (SSSR count). The molecule has 19 heavy (non-hydrogen) atoms. The Hall–Kier alpha value is -1.39. The van der Waals surface area contributed by atoms with Crippen LogP contribution in [0.1, 0.15) is 57.7 Å². The molecule has 0 aliphatic carbocycles. The summed E-state index contributed by atoms with van der Waals surface area (Å²) in [4.78, 5) is 16.9. The highest BCUT2D eigenvalue weighted by molar-refractivity contribution is 6.54. The Morgan fingerprint density at radius 2 is 2.05 bits per heavy atom. The fourth-order valence-corrected chi connectivity index (χ4v) is 2.55. The Bertz CT molecular complexity index is 523. The zero-order valence-corrected chi connectivity index (χ0v) is 12.2. The molecule has 5 heteroatoms. The van der Waals surface area contributed by atoms with Crippen molar-refractivity contribution in [3.63, 3.8) is 0 Å². The lowest BCUT2D eigenvalue weighted by Crippen LogP contribution is -2.21. The van der Waals surface area contributed by atoms with E-state index in [1.54, 1.807) is 6.33 Å². The number of hydrogen-bond donors (Lipinski definition) is 1. The number of aromatic nitrogens is 4. The minimum absolute atomic E-state index is 0.489. The second kappa shape index (κ2) is 6.69. The topological polar surface area (TPSA) is 54.5 Å². The van der Waals surface area contributed by atoms with Crippen LogP contribution in [-0.4, -0.2) is 27.2 Å². The summed E-state index contributed by atoms with van der Waals surface area (Å²) in [6.45, 7) is 6.59. The molecule has 2 aromatic heterocycles. The van der Waals surface area contributed by atoms with Crippen LogP contribution in [0.2, 0.25) is 6.82 Å². The van der Waals surface area contributed by atoms with Gasteiger partial charge in [0.1, 0.15) is 11.3 Å². The van der Waals surface area contributed by atoms with Crippen molar-refractivity contribution in [2.24, 2.45) is 0 Å². The van der Waals surface area contributed by atoms with E-state index in [4.69, 9.17) is 4.98 Å². The predicted octanol–water partition coefficient (Wildman–Crippen LogP) is 2.54. The van der Waals surface area contributed by atoms with Gasteiger partial charge in [-0.1, -0.05) is 39.9 Å². The minimum Gasteiger partial charge on any atom is -0.329 e. The Balaban J connectivity index is 2.34. The maximum atomic E-state index is 4.77. The predicted molar refractivity (Wildman–Crippen MR) is 81.5 cm³/mol. The zero-order valence-electron chi connectivity index (χ0n) is 12.2. The van der Waals surface area contributed by atoms with E-state index < -0.39 is 0 Å². The SMILES string of the molecule is CBc1nc(C(CCC)CCCC)nc2[nH]cnc12. The first-order chi connectivity index (χ1) is 9.30. The van der Waals surface area contributed by atoms with Gasteiger partial charge >= 0.3 is 0 Å². The molecule has 1 atom stereocenters. The molecule has 1 unspecified atom stereocenters. The average Bonchev–Trinajstić information content (AvgIpc) is 2.90. The van der Waals surface area contributed by atoms with E-state index in [0.717, 1.165) is 29.9 Å². The van der Waals surface area contributed by atoms with Gasteiger partial charge in [-0.2, -0.15) is 0 Å². The molecule has 2 heterocycles.